The van der Waals surface area contributed by atoms with Gasteiger partial charge in [-0.1, -0.05) is 13.8 Å². The van der Waals surface area contributed by atoms with Crippen LogP contribution in [0.15, 0.2) is 29.2 Å². The minimum atomic E-state index is -4.53. The molecule has 0 aliphatic carbocycles. The Kier molecular flexibility index (Phi) is 5.55. The lowest BCUT2D eigenvalue weighted by molar-refractivity contribution is 0.234. The van der Waals surface area contributed by atoms with E-state index >= 15 is 0 Å². The zero-order valence-electron chi connectivity index (χ0n) is 10.6. The van der Waals surface area contributed by atoms with E-state index in [4.69, 9.17) is 11.6 Å². The minimum Gasteiger partial charge on any atom is -0.381 e. The lowest BCUT2D eigenvalue weighted by Crippen LogP contribution is -2.27. The van der Waals surface area contributed by atoms with E-state index in [1.165, 1.54) is 12.1 Å². The molecular weight excluding hydrogens is 296 g/mol. The maximum Gasteiger partial charge on any atom is 0.341 e. The summed E-state index contributed by atoms with van der Waals surface area (Å²) in [5, 5.41) is 3.12. The zero-order valence-corrected chi connectivity index (χ0v) is 12.2. The molecular formula is C12H16ClF2NO2S. The SMILES string of the molecule is CC(C)C(CCl)Nc1ccc(S(=O)(=O)C(F)F)cc1. The molecule has 0 saturated heterocycles. The Balaban J connectivity index is 2.89. The van der Waals surface area contributed by atoms with E-state index in [2.05, 4.69) is 5.32 Å². The molecule has 0 aliphatic heterocycles. The number of alkyl halides is 3. The summed E-state index contributed by atoms with van der Waals surface area (Å²) in [5.74, 6) is -2.71. The van der Waals surface area contributed by atoms with Gasteiger partial charge in [0.05, 0.1) is 4.90 Å². The Bertz CT molecular complexity index is 503. The molecule has 0 saturated carbocycles. The number of hydrogen-bond acceptors (Lipinski definition) is 3. The lowest BCUT2D eigenvalue weighted by Gasteiger charge is -2.21. The van der Waals surface area contributed by atoms with Crippen LogP contribution < -0.4 is 5.32 Å². The van der Waals surface area contributed by atoms with Crippen molar-refractivity contribution in [3.05, 3.63) is 24.3 Å². The third-order valence-corrected chi connectivity index (χ3v) is 4.47. The molecule has 1 atom stereocenters. The predicted molar refractivity (Wildman–Crippen MR) is 72.6 cm³/mol. The molecule has 1 aromatic rings. The first-order valence-electron chi connectivity index (χ1n) is 5.73. The molecule has 1 unspecified atom stereocenters. The number of anilines is 1. The molecule has 0 amide bonds. The number of halogens is 3. The lowest BCUT2D eigenvalue weighted by atomic mass is 10.1. The van der Waals surface area contributed by atoms with Gasteiger partial charge in [0.25, 0.3) is 0 Å². The van der Waals surface area contributed by atoms with Crippen LogP contribution in [-0.4, -0.2) is 26.1 Å². The minimum absolute atomic E-state index is 0.0271. The Morgan fingerprint density at radius 3 is 2.11 bits per heavy atom. The molecule has 108 valence electrons. The first kappa shape index (κ1) is 16.2. The first-order valence-corrected chi connectivity index (χ1v) is 7.81. The van der Waals surface area contributed by atoms with Crippen molar-refractivity contribution in [3.8, 4) is 0 Å². The topological polar surface area (TPSA) is 46.2 Å². The summed E-state index contributed by atoms with van der Waals surface area (Å²) in [5.41, 5.74) is 0.646. The van der Waals surface area contributed by atoms with Gasteiger partial charge in [-0.25, -0.2) is 8.42 Å². The van der Waals surface area contributed by atoms with Gasteiger partial charge in [-0.2, -0.15) is 8.78 Å². The predicted octanol–water partition coefficient (Wildman–Crippen LogP) is 3.36. The molecule has 19 heavy (non-hydrogen) atoms. The van der Waals surface area contributed by atoms with Crippen LogP contribution in [0.5, 0.6) is 0 Å². The molecule has 0 spiro atoms. The van der Waals surface area contributed by atoms with Gasteiger partial charge >= 0.3 is 5.76 Å². The molecule has 7 heteroatoms. The number of rotatable bonds is 6. The smallest absolute Gasteiger partial charge is 0.341 e. The zero-order chi connectivity index (χ0) is 14.6. The standard InChI is InChI=1S/C12H16ClF2NO2S/c1-8(2)11(7-13)16-9-3-5-10(6-4-9)19(17,18)12(14)15/h3-6,8,11-12,16H,7H2,1-2H3. The highest BCUT2D eigenvalue weighted by atomic mass is 35.5. The van der Waals surface area contributed by atoms with Crippen molar-refractivity contribution in [1.29, 1.82) is 0 Å². The van der Waals surface area contributed by atoms with Crippen LogP contribution in [0.4, 0.5) is 14.5 Å². The summed E-state index contributed by atoms with van der Waals surface area (Å²) in [6.45, 7) is 3.99. The van der Waals surface area contributed by atoms with Crippen LogP contribution in [0.25, 0.3) is 0 Å². The molecule has 1 N–H and O–H groups in total. The fourth-order valence-corrected chi connectivity index (χ4v) is 2.60. The monoisotopic (exact) mass is 311 g/mol. The summed E-state index contributed by atoms with van der Waals surface area (Å²) in [4.78, 5) is -0.389. The van der Waals surface area contributed by atoms with E-state index in [0.717, 1.165) is 12.1 Å². The van der Waals surface area contributed by atoms with Crippen molar-refractivity contribution in [2.75, 3.05) is 11.2 Å². The van der Waals surface area contributed by atoms with Crippen LogP contribution >= 0.6 is 11.6 Å². The molecule has 0 fully saturated rings. The first-order chi connectivity index (χ1) is 8.78. The Morgan fingerprint density at radius 1 is 1.21 bits per heavy atom. The highest BCUT2D eigenvalue weighted by molar-refractivity contribution is 7.91. The maximum atomic E-state index is 12.3. The highest BCUT2D eigenvalue weighted by Gasteiger charge is 2.26. The van der Waals surface area contributed by atoms with Crippen molar-refractivity contribution in [1.82, 2.24) is 0 Å². The van der Waals surface area contributed by atoms with Crippen molar-refractivity contribution in [2.45, 2.75) is 30.5 Å². The van der Waals surface area contributed by atoms with Crippen LogP contribution in [0, 0.1) is 5.92 Å². The average molecular weight is 312 g/mol. The summed E-state index contributed by atoms with van der Waals surface area (Å²) < 4.78 is 47.2. The molecule has 0 aromatic heterocycles. The number of hydrogen-bond donors (Lipinski definition) is 1. The second-order valence-corrected chi connectivity index (χ2v) is 6.71. The Morgan fingerprint density at radius 2 is 1.74 bits per heavy atom. The number of nitrogens with one attached hydrogen (secondary N) is 1. The molecule has 1 aromatic carbocycles. The summed E-state index contributed by atoms with van der Waals surface area (Å²) in [6.07, 6.45) is 0. The van der Waals surface area contributed by atoms with Crippen LogP contribution in [0.1, 0.15) is 13.8 Å². The Hall–Kier alpha value is -0.880. The normalized spacial score (nSPS) is 13.8. The van der Waals surface area contributed by atoms with Gasteiger partial charge in [0, 0.05) is 17.6 Å². The van der Waals surface area contributed by atoms with E-state index in [-0.39, 0.29) is 10.9 Å². The third-order valence-electron chi connectivity index (χ3n) is 2.74. The van der Waals surface area contributed by atoms with E-state index in [1.807, 2.05) is 13.8 Å². The highest BCUT2D eigenvalue weighted by Crippen LogP contribution is 2.21. The molecule has 0 bridgehead atoms. The van der Waals surface area contributed by atoms with Crippen molar-refractivity contribution in [2.24, 2.45) is 5.92 Å². The average Bonchev–Trinajstić information content (AvgIpc) is 2.35. The molecule has 0 heterocycles. The summed E-state index contributed by atoms with van der Waals surface area (Å²) in [7, 11) is -4.53. The number of benzene rings is 1. The van der Waals surface area contributed by atoms with E-state index < -0.39 is 15.6 Å². The van der Waals surface area contributed by atoms with Gasteiger partial charge in [-0.05, 0) is 30.2 Å². The second-order valence-electron chi connectivity index (χ2n) is 4.48. The van der Waals surface area contributed by atoms with Crippen LogP contribution in [-0.2, 0) is 9.84 Å². The van der Waals surface area contributed by atoms with E-state index in [9.17, 15) is 17.2 Å². The van der Waals surface area contributed by atoms with Gasteiger partial charge in [0.15, 0.2) is 0 Å². The van der Waals surface area contributed by atoms with E-state index in [0.29, 0.717) is 17.5 Å². The molecule has 3 nitrogen and oxygen atoms in total. The molecule has 0 radical (unpaired) electrons. The molecule has 1 rings (SSSR count). The number of sulfone groups is 1. The van der Waals surface area contributed by atoms with Gasteiger partial charge in [-0.15, -0.1) is 11.6 Å². The largest absolute Gasteiger partial charge is 0.381 e. The fourth-order valence-electron chi connectivity index (χ4n) is 1.44. The second kappa shape index (κ2) is 6.52. The van der Waals surface area contributed by atoms with Gasteiger partial charge in [0.2, 0.25) is 9.84 Å². The molecule has 0 aliphatic rings. The van der Waals surface area contributed by atoms with Crippen LogP contribution in [0.2, 0.25) is 0 Å². The van der Waals surface area contributed by atoms with Gasteiger partial charge in [-0.3, -0.25) is 0 Å². The van der Waals surface area contributed by atoms with Crippen molar-refractivity contribution >= 4 is 27.1 Å². The Labute approximate surface area is 116 Å². The maximum absolute atomic E-state index is 12.3. The van der Waals surface area contributed by atoms with Gasteiger partial charge in [0.1, 0.15) is 0 Å². The van der Waals surface area contributed by atoms with E-state index in [1.54, 1.807) is 0 Å². The fraction of sp³-hybridized carbons (Fsp3) is 0.500. The van der Waals surface area contributed by atoms with Crippen LogP contribution in [0.3, 0.4) is 0 Å². The summed E-state index contributed by atoms with van der Waals surface area (Å²) in [6, 6.07) is 5.26. The van der Waals surface area contributed by atoms with Crippen molar-refractivity contribution < 1.29 is 17.2 Å². The third kappa shape index (κ3) is 4.04. The van der Waals surface area contributed by atoms with Crippen molar-refractivity contribution in [3.63, 3.8) is 0 Å². The summed E-state index contributed by atoms with van der Waals surface area (Å²) >= 11 is 5.80. The van der Waals surface area contributed by atoms with Gasteiger partial charge < -0.3 is 5.32 Å². The quantitative estimate of drug-likeness (QED) is 0.819.